The lowest BCUT2D eigenvalue weighted by molar-refractivity contribution is -0.130. The van der Waals surface area contributed by atoms with E-state index in [4.69, 9.17) is 4.74 Å². The summed E-state index contributed by atoms with van der Waals surface area (Å²) in [6.45, 7) is 2.34. The van der Waals surface area contributed by atoms with E-state index in [-0.39, 0.29) is 5.91 Å². The van der Waals surface area contributed by atoms with Gasteiger partial charge in [-0.25, -0.2) is 0 Å². The highest BCUT2D eigenvalue weighted by Crippen LogP contribution is 2.28. The quantitative estimate of drug-likeness (QED) is 0.916. The van der Waals surface area contributed by atoms with Gasteiger partial charge in [-0.1, -0.05) is 0 Å². The molecular weight excluding hydrogens is 304 g/mol. The third-order valence-corrected chi connectivity index (χ3v) is 4.86. The molecule has 6 heteroatoms. The van der Waals surface area contributed by atoms with Crippen molar-refractivity contribution in [3.8, 4) is 17.1 Å². The van der Waals surface area contributed by atoms with Crippen LogP contribution in [0.15, 0.2) is 30.6 Å². The summed E-state index contributed by atoms with van der Waals surface area (Å²) in [5.41, 5.74) is 1.75. The normalized spacial score (nSPS) is 20.6. The highest BCUT2D eigenvalue weighted by molar-refractivity contribution is 5.73. The van der Waals surface area contributed by atoms with Crippen molar-refractivity contribution in [2.24, 2.45) is 5.92 Å². The van der Waals surface area contributed by atoms with Crippen LogP contribution in [0, 0.1) is 5.92 Å². The average Bonchev–Trinajstić information content (AvgIpc) is 3.15. The molecule has 3 rings (SSSR count). The predicted molar refractivity (Wildman–Crippen MR) is 91.5 cm³/mol. The summed E-state index contributed by atoms with van der Waals surface area (Å²) in [6.07, 6.45) is 7.78. The Morgan fingerprint density at radius 2 is 2.08 bits per heavy atom. The SMILES string of the molecule is CC(=O)N(C)[C@H]1CC[C@@H](COc2ccc(-c3ccn[nH]3)nc2)CC1. The fraction of sp³-hybridized carbons (Fsp3) is 0.500. The summed E-state index contributed by atoms with van der Waals surface area (Å²) in [4.78, 5) is 17.7. The van der Waals surface area contributed by atoms with Gasteiger partial charge in [0.1, 0.15) is 5.75 Å². The molecule has 0 aromatic carbocycles. The molecule has 2 aromatic rings. The molecule has 1 fully saturated rings. The number of amides is 1. The number of pyridine rings is 1. The lowest BCUT2D eigenvalue weighted by Crippen LogP contribution is -2.38. The maximum Gasteiger partial charge on any atom is 0.219 e. The van der Waals surface area contributed by atoms with Crippen molar-refractivity contribution in [2.75, 3.05) is 13.7 Å². The number of hydrogen-bond donors (Lipinski definition) is 1. The minimum absolute atomic E-state index is 0.151. The van der Waals surface area contributed by atoms with E-state index in [1.807, 2.05) is 30.1 Å². The van der Waals surface area contributed by atoms with Crippen LogP contribution in [-0.4, -0.2) is 45.7 Å². The minimum Gasteiger partial charge on any atom is -0.492 e. The van der Waals surface area contributed by atoms with Crippen molar-refractivity contribution in [3.63, 3.8) is 0 Å². The molecule has 0 radical (unpaired) electrons. The van der Waals surface area contributed by atoms with Crippen molar-refractivity contribution in [1.29, 1.82) is 0 Å². The molecule has 1 aliphatic rings. The zero-order valence-electron chi connectivity index (χ0n) is 14.2. The Morgan fingerprint density at radius 3 is 2.67 bits per heavy atom. The fourth-order valence-electron chi connectivity index (χ4n) is 3.19. The standard InChI is InChI=1S/C18H24N4O2/c1-13(23)22(2)15-5-3-14(4-6-15)12-24-16-7-8-17(19-11-16)18-9-10-20-21-18/h7-11,14-15H,3-6,12H2,1-2H3,(H,20,21)/t14-,15+. The number of nitrogens with zero attached hydrogens (tertiary/aromatic N) is 3. The van der Waals surface area contributed by atoms with E-state index < -0.39 is 0 Å². The Balaban J connectivity index is 1.46. The first-order valence-electron chi connectivity index (χ1n) is 8.45. The van der Waals surface area contributed by atoms with Gasteiger partial charge in [-0.2, -0.15) is 5.10 Å². The lowest BCUT2D eigenvalue weighted by atomic mass is 9.86. The van der Waals surface area contributed by atoms with E-state index in [0.717, 1.165) is 42.8 Å². The van der Waals surface area contributed by atoms with Crippen molar-refractivity contribution in [3.05, 3.63) is 30.6 Å². The number of ether oxygens (including phenoxy) is 1. The van der Waals surface area contributed by atoms with E-state index in [1.165, 1.54) is 0 Å². The number of carbonyl (C=O) groups is 1. The van der Waals surface area contributed by atoms with Crippen LogP contribution < -0.4 is 4.74 Å². The van der Waals surface area contributed by atoms with Crippen molar-refractivity contribution >= 4 is 5.91 Å². The molecule has 0 saturated heterocycles. The minimum atomic E-state index is 0.151. The molecule has 128 valence electrons. The zero-order valence-corrected chi connectivity index (χ0v) is 14.2. The summed E-state index contributed by atoms with van der Waals surface area (Å²) >= 11 is 0. The first-order valence-corrected chi connectivity index (χ1v) is 8.45. The van der Waals surface area contributed by atoms with Crippen LogP contribution in [0.5, 0.6) is 5.75 Å². The number of aromatic amines is 1. The summed E-state index contributed by atoms with van der Waals surface area (Å²) in [6, 6.07) is 6.15. The molecule has 1 saturated carbocycles. The van der Waals surface area contributed by atoms with E-state index >= 15 is 0 Å². The van der Waals surface area contributed by atoms with Crippen LogP contribution in [0.2, 0.25) is 0 Å². The highest BCUT2D eigenvalue weighted by atomic mass is 16.5. The molecule has 0 spiro atoms. The Morgan fingerprint density at radius 1 is 1.29 bits per heavy atom. The Hall–Kier alpha value is -2.37. The van der Waals surface area contributed by atoms with Gasteiger partial charge in [0.05, 0.1) is 24.2 Å². The van der Waals surface area contributed by atoms with Gasteiger partial charge in [-0.3, -0.25) is 14.9 Å². The van der Waals surface area contributed by atoms with Gasteiger partial charge in [0, 0.05) is 26.2 Å². The third kappa shape index (κ3) is 3.93. The molecule has 2 heterocycles. The van der Waals surface area contributed by atoms with Crippen LogP contribution in [0.25, 0.3) is 11.4 Å². The van der Waals surface area contributed by atoms with E-state index in [2.05, 4.69) is 15.2 Å². The van der Waals surface area contributed by atoms with Gasteiger partial charge >= 0.3 is 0 Å². The summed E-state index contributed by atoms with van der Waals surface area (Å²) in [5.74, 6) is 1.49. The van der Waals surface area contributed by atoms with Gasteiger partial charge in [0.25, 0.3) is 0 Å². The van der Waals surface area contributed by atoms with Crippen LogP contribution in [-0.2, 0) is 4.79 Å². The van der Waals surface area contributed by atoms with Crippen molar-refractivity contribution in [1.82, 2.24) is 20.1 Å². The predicted octanol–water partition coefficient (Wildman–Crippen LogP) is 2.89. The molecule has 1 amide bonds. The number of nitrogens with one attached hydrogen (secondary N) is 1. The molecule has 2 aromatic heterocycles. The Labute approximate surface area is 142 Å². The van der Waals surface area contributed by atoms with Crippen LogP contribution >= 0.6 is 0 Å². The molecule has 0 aliphatic heterocycles. The molecule has 1 aliphatic carbocycles. The number of rotatable bonds is 5. The van der Waals surface area contributed by atoms with Gasteiger partial charge in [0.15, 0.2) is 0 Å². The maximum absolute atomic E-state index is 11.4. The van der Waals surface area contributed by atoms with Crippen molar-refractivity contribution < 1.29 is 9.53 Å². The third-order valence-electron chi connectivity index (χ3n) is 4.86. The number of hydrogen-bond acceptors (Lipinski definition) is 4. The van der Waals surface area contributed by atoms with Gasteiger partial charge in [-0.15, -0.1) is 0 Å². The van der Waals surface area contributed by atoms with Gasteiger partial charge in [0.2, 0.25) is 5.91 Å². The van der Waals surface area contributed by atoms with Gasteiger partial charge in [-0.05, 0) is 49.8 Å². The second-order valence-corrected chi connectivity index (χ2v) is 6.46. The molecule has 0 unspecified atom stereocenters. The van der Waals surface area contributed by atoms with Crippen LogP contribution in [0.1, 0.15) is 32.6 Å². The molecule has 0 bridgehead atoms. The topological polar surface area (TPSA) is 71.1 Å². The monoisotopic (exact) mass is 328 g/mol. The molecule has 0 atom stereocenters. The van der Waals surface area contributed by atoms with E-state index in [9.17, 15) is 4.79 Å². The lowest BCUT2D eigenvalue weighted by Gasteiger charge is -2.34. The number of carbonyl (C=O) groups excluding carboxylic acids is 1. The molecule has 6 nitrogen and oxygen atoms in total. The largest absolute Gasteiger partial charge is 0.492 e. The zero-order chi connectivity index (χ0) is 16.9. The van der Waals surface area contributed by atoms with E-state index in [0.29, 0.717) is 18.6 Å². The summed E-state index contributed by atoms with van der Waals surface area (Å²) < 4.78 is 5.89. The number of aromatic nitrogens is 3. The van der Waals surface area contributed by atoms with Crippen LogP contribution in [0.3, 0.4) is 0 Å². The number of H-pyrrole nitrogens is 1. The smallest absolute Gasteiger partial charge is 0.219 e. The second kappa shape index (κ2) is 7.47. The maximum atomic E-state index is 11.4. The highest BCUT2D eigenvalue weighted by Gasteiger charge is 2.25. The fourth-order valence-corrected chi connectivity index (χ4v) is 3.19. The second-order valence-electron chi connectivity index (χ2n) is 6.46. The molecule has 24 heavy (non-hydrogen) atoms. The summed E-state index contributed by atoms with van der Waals surface area (Å²) in [7, 11) is 1.90. The summed E-state index contributed by atoms with van der Waals surface area (Å²) in [5, 5.41) is 6.82. The van der Waals surface area contributed by atoms with E-state index in [1.54, 1.807) is 19.3 Å². The Bertz CT molecular complexity index is 646. The first kappa shape index (κ1) is 16.5. The molecular formula is C18H24N4O2. The van der Waals surface area contributed by atoms with Gasteiger partial charge < -0.3 is 9.64 Å². The van der Waals surface area contributed by atoms with Crippen LogP contribution in [0.4, 0.5) is 0 Å². The Kier molecular flexibility index (Phi) is 5.13. The molecule has 1 N–H and O–H groups in total. The average molecular weight is 328 g/mol. The van der Waals surface area contributed by atoms with Crippen molar-refractivity contribution in [2.45, 2.75) is 38.6 Å². The first-order chi connectivity index (χ1) is 11.6.